The highest BCUT2D eigenvalue weighted by Gasteiger charge is 2.07. The minimum Gasteiger partial charge on any atom is -0.355 e. The molecule has 0 aromatic carbocycles. The molecule has 2 aromatic rings. The summed E-state index contributed by atoms with van der Waals surface area (Å²) < 4.78 is 1.77. The summed E-state index contributed by atoms with van der Waals surface area (Å²) in [6, 6.07) is 3.89. The van der Waals surface area contributed by atoms with Crippen molar-refractivity contribution in [1.29, 1.82) is 0 Å². The second kappa shape index (κ2) is 5.87. The van der Waals surface area contributed by atoms with E-state index >= 15 is 0 Å². The number of aromatic nitrogens is 3. The quantitative estimate of drug-likeness (QED) is 0.741. The molecule has 0 saturated carbocycles. The van der Waals surface area contributed by atoms with Crippen molar-refractivity contribution in [2.75, 3.05) is 23.9 Å². The maximum absolute atomic E-state index is 5.84. The first kappa shape index (κ1) is 12.2. The van der Waals surface area contributed by atoms with Gasteiger partial charge in [-0.2, -0.15) is 5.10 Å². The largest absolute Gasteiger partial charge is 0.355 e. The van der Waals surface area contributed by atoms with Crippen molar-refractivity contribution in [3.63, 3.8) is 0 Å². The molecule has 5 heteroatoms. The lowest BCUT2D eigenvalue weighted by molar-refractivity contribution is 0.724. The van der Waals surface area contributed by atoms with Crippen LogP contribution in [0.2, 0.25) is 0 Å². The van der Waals surface area contributed by atoms with Crippen LogP contribution in [0.25, 0.3) is 5.65 Å². The molecule has 0 aliphatic heterocycles. The first-order valence-corrected chi connectivity index (χ1v) is 6.50. The predicted molar refractivity (Wildman–Crippen MR) is 70.8 cm³/mol. The Hall–Kier alpha value is -1.29. The molecule has 0 bridgehead atoms. The molecule has 0 N–H and O–H groups in total. The topological polar surface area (TPSA) is 33.4 Å². The van der Waals surface area contributed by atoms with Crippen LogP contribution in [0.4, 0.5) is 5.82 Å². The first-order chi connectivity index (χ1) is 8.35. The summed E-state index contributed by atoms with van der Waals surface area (Å²) >= 11 is 5.84. The molecule has 0 unspecified atom stereocenters. The number of halogens is 1. The molecule has 0 spiro atoms. The van der Waals surface area contributed by atoms with Gasteiger partial charge in [-0.15, -0.1) is 11.6 Å². The van der Waals surface area contributed by atoms with Gasteiger partial charge in [-0.3, -0.25) is 0 Å². The average Bonchev–Trinajstić information content (AvgIpc) is 2.81. The van der Waals surface area contributed by atoms with Crippen LogP contribution >= 0.6 is 11.6 Å². The minimum atomic E-state index is 0.621. The molecule has 92 valence electrons. The number of nitrogens with zero attached hydrogens (tertiary/aromatic N) is 4. The molecule has 0 amide bonds. The van der Waals surface area contributed by atoms with E-state index in [4.69, 9.17) is 11.6 Å². The van der Waals surface area contributed by atoms with Gasteiger partial charge >= 0.3 is 0 Å². The van der Waals surface area contributed by atoms with Crippen LogP contribution in [0.1, 0.15) is 19.8 Å². The predicted octanol–water partition coefficient (Wildman–Crippen LogP) is 2.57. The Balaban J connectivity index is 2.20. The molecule has 0 radical (unpaired) electrons. The van der Waals surface area contributed by atoms with E-state index in [9.17, 15) is 0 Å². The van der Waals surface area contributed by atoms with Gasteiger partial charge in [-0.25, -0.2) is 9.50 Å². The molecule has 4 nitrogen and oxygen atoms in total. The van der Waals surface area contributed by atoms with Crippen molar-refractivity contribution in [3.8, 4) is 0 Å². The lowest BCUT2D eigenvalue weighted by Gasteiger charge is -2.22. The van der Waals surface area contributed by atoms with Gasteiger partial charge in [-0.1, -0.05) is 13.3 Å². The summed E-state index contributed by atoms with van der Waals surface area (Å²) in [7, 11) is 0. The van der Waals surface area contributed by atoms with Crippen LogP contribution in [0, 0.1) is 0 Å². The average molecular weight is 253 g/mol. The summed E-state index contributed by atoms with van der Waals surface area (Å²) in [6.45, 7) is 4.02. The molecule has 2 aromatic heterocycles. The Labute approximate surface area is 106 Å². The molecule has 2 rings (SSSR count). The highest BCUT2D eigenvalue weighted by molar-refractivity contribution is 6.18. The molecule has 17 heavy (non-hydrogen) atoms. The van der Waals surface area contributed by atoms with Crippen LogP contribution in [0.15, 0.2) is 24.5 Å². The highest BCUT2D eigenvalue weighted by atomic mass is 35.5. The standard InChI is InChI=1S/C12H17ClN4/c1-2-3-8-16(10-6-13)11-5-9-17-12(15-11)4-7-14-17/h4-5,7,9H,2-3,6,8,10H2,1H3. The maximum Gasteiger partial charge on any atom is 0.157 e. The fraction of sp³-hybridized carbons (Fsp3) is 0.500. The van der Waals surface area contributed by atoms with E-state index in [1.165, 1.54) is 6.42 Å². The van der Waals surface area contributed by atoms with Gasteiger partial charge in [0, 0.05) is 31.2 Å². The summed E-state index contributed by atoms with van der Waals surface area (Å²) in [5.41, 5.74) is 0.874. The fourth-order valence-corrected chi connectivity index (χ4v) is 1.97. The molecular formula is C12H17ClN4. The molecule has 2 heterocycles. The molecule has 0 aliphatic carbocycles. The van der Waals surface area contributed by atoms with E-state index in [-0.39, 0.29) is 0 Å². The number of hydrogen-bond donors (Lipinski definition) is 0. The summed E-state index contributed by atoms with van der Waals surface area (Å²) in [4.78, 5) is 6.80. The smallest absolute Gasteiger partial charge is 0.157 e. The van der Waals surface area contributed by atoms with Gasteiger partial charge in [0.25, 0.3) is 0 Å². The third kappa shape index (κ3) is 2.88. The number of unbranched alkanes of at least 4 members (excludes halogenated alkanes) is 1. The van der Waals surface area contributed by atoms with Gasteiger partial charge in [0.15, 0.2) is 5.65 Å². The van der Waals surface area contributed by atoms with Crippen molar-refractivity contribution >= 4 is 23.1 Å². The van der Waals surface area contributed by atoms with Crippen molar-refractivity contribution in [1.82, 2.24) is 14.6 Å². The minimum absolute atomic E-state index is 0.621. The van der Waals surface area contributed by atoms with E-state index in [0.717, 1.165) is 31.0 Å². The van der Waals surface area contributed by atoms with Crippen molar-refractivity contribution in [2.45, 2.75) is 19.8 Å². The Morgan fingerprint density at radius 2 is 2.24 bits per heavy atom. The van der Waals surface area contributed by atoms with Crippen LogP contribution in [0.3, 0.4) is 0 Å². The van der Waals surface area contributed by atoms with Crippen LogP contribution in [0.5, 0.6) is 0 Å². The number of fused-ring (bicyclic) bond motifs is 1. The summed E-state index contributed by atoms with van der Waals surface area (Å²) in [6.07, 6.45) is 6.02. The summed E-state index contributed by atoms with van der Waals surface area (Å²) in [5, 5.41) is 4.14. The van der Waals surface area contributed by atoms with Crippen LogP contribution in [-0.4, -0.2) is 33.6 Å². The highest BCUT2D eigenvalue weighted by Crippen LogP contribution is 2.13. The lowest BCUT2D eigenvalue weighted by Crippen LogP contribution is -2.27. The lowest BCUT2D eigenvalue weighted by atomic mass is 10.3. The zero-order chi connectivity index (χ0) is 12.1. The zero-order valence-electron chi connectivity index (χ0n) is 10.0. The Kier molecular flexibility index (Phi) is 4.20. The van der Waals surface area contributed by atoms with Crippen molar-refractivity contribution in [2.24, 2.45) is 0 Å². The van der Waals surface area contributed by atoms with E-state index in [1.54, 1.807) is 10.7 Å². The maximum atomic E-state index is 5.84. The van der Waals surface area contributed by atoms with E-state index < -0.39 is 0 Å². The SMILES string of the molecule is CCCCN(CCCl)c1ccn2nccc2n1. The molecule has 0 atom stereocenters. The Morgan fingerprint density at radius 1 is 1.35 bits per heavy atom. The van der Waals surface area contributed by atoms with Crippen LogP contribution < -0.4 is 4.90 Å². The van der Waals surface area contributed by atoms with E-state index in [2.05, 4.69) is 21.9 Å². The van der Waals surface area contributed by atoms with Gasteiger partial charge < -0.3 is 4.90 Å². The van der Waals surface area contributed by atoms with E-state index in [0.29, 0.717) is 5.88 Å². The zero-order valence-corrected chi connectivity index (χ0v) is 10.8. The second-order valence-corrected chi connectivity index (χ2v) is 4.33. The number of rotatable bonds is 6. The molecular weight excluding hydrogens is 236 g/mol. The Morgan fingerprint density at radius 3 is 3.00 bits per heavy atom. The third-order valence-corrected chi connectivity index (χ3v) is 2.87. The van der Waals surface area contributed by atoms with Gasteiger partial charge in [0.2, 0.25) is 0 Å². The molecule has 0 saturated heterocycles. The Bertz CT molecular complexity index is 468. The monoisotopic (exact) mass is 252 g/mol. The van der Waals surface area contributed by atoms with Gasteiger partial charge in [0.05, 0.1) is 6.20 Å². The second-order valence-electron chi connectivity index (χ2n) is 3.95. The van der Waals surface area contributed by atoms with Crippen LogP contribution in [-0.2, 0) is 0 Å². The normalized spacial score (nSPS) is 10.9. The number of alkyl halides is 1. The van der Waals surface area contributed by atoms with E-state index in [1.807, 2.05) is 18.3 Å². The van der Waals surface area contributed by atoms with Crippen molar-refractivity contribution < 1.29 is 0 Å². The molecule has 0 fully saturated rings. The first-order valence-electron chi connectivity index (χ1n) is 5.96. The number of anilines is 1. The van der Waals surface area contributed by atoms with Gasteiger partial charge in [0.1, 0.15) is 5.82 Å². The van der Waals surface area contributed by atoms with Gasteiger partial charge in [-0.05, 0) is 12.5 Å². The molecule has 0 aliphatic rings. The van der Waals surface area contributed by atoms with Crippen molar-refractivity contribution in [3.05, 3.63) is 24.5 Å². The number of hydrogen-bond acceptors (Lipinski definition) is 3. The summed E-state index contributed by atoms with van der Waals surface area (Å²) in [5.74, 6) is 1.60. The third-order valence-electron chi connectivity index (χ3n) is 2.70. The fourth-order valence-electron chi connectivity index (χ4n) is 1.77.